The Balaban J connectivity index is 1.59. The Morgan fingerprint density at radius 2 is 1.68 bits per heavy atom. The molecule has 4 aliphatic rings. The van der Waals surface area contributed by atoms with Gasteiger partial charge < -0.3 is 18.8 Å². The highest BCUT2D eigenvalue weighted by atomic mass is 28.4. The van der Waals surface area contributed by atoms with Gasteiger partial charge in [-0.3, -0.25) is 4.79 Å². The number of amides is 1. The summed E-state index contributed by atoms with van der Waals surface area (Å²) in [6.45, 7) is 15.1. The van der Waals surface area contributed by atoms with Crippen molar-refractivity contribution in [2.24, 2.45) is 5.92 Å². The fourth-order valence-electron chi connectivity index (χ4n) is 6.95. The van der Waals surface area contributed by atoms with E-state index in [-0.39, 0.29) is 24.7 Å². The van der Waals surface area contributed by atoms with E-state index in [0.29, 0.717) is 28.3 Å². The first-order valence-corrected chi connectivity index (χ1v) is 14.0. The summed E-state index contributed by atoms with van der Waals surface area (Å²) >= 11 is 0. The SMILES string of the molecule is CC(C)[Si](OC1=C[C@H]2c3cc4c(cc3C(=O)N3CC[C@@H](C1)[C@H]23)OCO4)(C(C)C)C(C)C. The second-order valence-electron chi connectivity index (χ2n) is 10.6. The van der Waals surface area contributed by atoms with Crippen LogP contribution in [0.25, 0.3) is 0 Å². The summed E-state index contributed by atoms with van der Waals surface area (Å²) in [5.74, 6) is 3.37. The number of carbonyl (C=O) groups excluding carboxylic acids is 1. The van der Waals surface area contributed by atoms with Crippen LogP contribution in [0, 0.1) is 5.92 Å². The molecule has 1 aromatic rings. The molecular formula is C25H35NO4Si. The first kappa shape index (κ1) is 20.9. The van der Waals surface area contributed by atoms with Gasteiger partial charge in [-0.2, -0.15) is 0 Å². The van der Waals surface area contributed by atoms with Crippen molar-refractivity contribution in [1.29, 1.82) is 0 Å². The molecule has 0 spiro atoms. The molecule has 3 heterocycles. The standard InChI is InChI=1S/C25H35NO4Si/c1-14(2)31(15(3)4,16(5)6)30-18-9-17-7-8-26-24(17)20(10-18)19-11-22-23(29-13-28-22)12-21(19)25(26)27/h10-12,14-17,20,24H,7-9,13H2,1-6H3/t17-,20-,24+/m0/s1. The number of fused-ring (bicyclic) bond motifs is 3. The average molecular weight is 442 g/mol. The molecule has 3 aliphatic heterocycles. The van der Waals surface area contributed by atoms with Crippen LogP contribution in [0.2, 0.25) is 16.6 Å². The minimum absolute atomic E-state index is 0.144. The molecule has 3 atom stereocenters. The molecule has 5 rings (SSSR count). The van der Waals surface area contributed by atoms with E-state index in [1.165, 1.54) is 0 Å². The molecule has 0 aromatic heterocycles. The molecule has 1 fully saturated rings. The van der Waals surface area contributed by atoms with Crippen molar-refractivity contribution in [2.75, 3.05) is 13.3 Å². The number of allylic oxidation sites excluding steroid dienone is 1. The Morgan fingerprint density at radius 1 is 1.03 bits per heavy atom. The highest BCUT2D eigenvalue weighted by Crippen LogP contribution is 2.52. The smallest absolute Gasteiger partial charge is 0.258 e. The first-order valence-electron chi connectivity index (χ1n) is 11.9. The fourth-order valence-corrected chi connectivity index (χ4v) is 12.3. The number of ether oxygens (including phenoxy) is 2. The van der Waals surface area contributed by atoms with Crippen molar-refractivity contribution in [3.05, 3.63) is 35.1 Å². The van der Waals surface area contributed by atoms with Crippen LogP contribution in [0.1, 0.15) is 76.2 Å². The summed E-state index contributed by atoms with van der Waals surface area (Å²) in [6, 6.07) is 4.17. The predicted molar refractivity (Wildman–Crippen MR) is 123 cm³/mol. The van der Waals surface area contributed by atoms with Crippen LogP contribution >= 0.6 is 0 Å². The lowest BCUT2D eigenvalue weighted by molar-refractivity contribution is 0.0661. The van der Waals surface area contributed by atoms with Gasteiger partial charge in [0.25, 0.3) is 14.2 Å². The van der Waals surface area contributed by atoms with Gasteiger partial charge >= 0.3 is 0 Å². The van der Waals surface area contributed by atoms with Crippen LogP contribution in [0.5, 0.6) is 11.5 Å². The van der Waals surface area contributed by atoms with Gasteiger partial charge in [-0.05, 0) is 52.7 Å². The summed E-state index contributed by atoms with van der Waals surface area (Å²) in [5.41, 5.74) is 3.47. The van der Waals surface area contributed by atoms with E-state index in [9.17, 15) is 4.79 Å². The van der Waals surface area contributed by atoms with E-state index < -0.39 is 8.32 Å². The second-order valence-corrected chi connectivity index (χ2v) is 16.0. The van der Waals surface area contributed by atoms with Gasteiger partial charge in [0, 0.05) is 30.5 Å². The molecule has 0 saturated carbocycles. The summed E-state index contributed by atoms with van der Waals surface area (Å²) < 4.78 is 18.4. The Hall–Kier alpha value is -1.95. The van der Waals surface area contributed by atoms with E-state index in [0.717, 1.165) is 42.0 Å². The molecule has 1 aliphatic carbocycles. The minimum Gasteiger partial charge on any atom is -0.546 e. The van der Waals surface area contributed by atoms with Gasteiger partial charge in [-0.15, -0.1) is 0 Å². The van der Waals surface area contributed by atoms with Gasteiger partial charge in [0.15, 0.2) is 11.5 Å². The topological polar surface area (TPSA) is 48.0 Å². The maximum Gasteiger partial charge on any atom is 0.258 e. The number of hydrogen-bond donors (Lipinski definition) is 0. The molecule has 1 aromatic carbocycles. The van der Waals surface area contributed by atoms with Crippen LogP contribution in [-0.2, 0) is 4.43 Å². The van der Waals surface area contributed by atoms with Gasteiger partial charge in [0.05, 0.1) is 5.76 Å². The molecule has 0 bridgehead atoms. The van der Waals surface area contributed by atoms with Gasteiger partial charge in [-0.1, -0.05) is 41.5 Å². The van der Waals surface area contributed by atoms with Crippen LogP contribution in [0.3, 0.4) is 0 Å². The number of rotatable bonds is 5. The zero-order valence-corrected chi connectivity index (χ0v) is 20.6. The highest BCUT2D eigenvalue weighted by molar-refractivity contribution is 6.77. The lowest BCUT2D eigenvalue weighted by Crippen LogP contribution is -2.50. The third-order valence-corrected chi connectivity index (χ3v) is 14.2. The second kappa shape index (κ2) is 7.29. The predicted octanol–water partition coefficient (Wildman–Crippen LogP) is 5.82. The van der Waals surface area contributed by atoms with Crippen molar-refractivity contribution in [3.63, 3.8) is 0 Å². The van der Waals surface area contributed by atoms with Crippen molar-refractivity contribution in [2.45, 2.75) is 83.0 Å². The Labute approximate surface area is 186 Å². The van der Waals surface area contributed by atoms with E-state index in [4.69, 9.17) is 13.9 Å². The number of hydrogen-bond acceptors (Lipinski definition) is 4. The summed E-state index contributed by atoms with van der Waals surface area (Å²) in [6.07, 6.45) is 4.35. The van der Waals surface area contributed by atoms with E-state index in [2.05, 4.69) is 52.5 Å². The largest absolute Gasteiger partial charge is 0.546 e. The maximum atomic E-state index is 13.3. The van der Waals surface area contributed by atoms with Gasteiger partial charge in [0.2, 0.25) is 6.79 Å². The molecule has 0 unspecified atom stereocenters. The minimum atomic E-state index is -2.02. The maximum absolute atomic E-state index is 13.3. The highest BCUT2D eigenvalue weighted by Gasteiger charge is 2.52. The number of nitrogens with zero attached hydrogens (tertiary/aromatic N) is 1. The summed E-state index contributed by atoms with van der Waals surface area (Å²) in [5, 5.41) is 0. The number of carbonyl (C=O) groups is 1. The molecule has 0 N–H and O–H groups in total. The average Bonchev–Trinajstić information content (AvgIpc) is 3.35. The van der Waals surface area contributed by atoms with Crippen LogP contribution in [0.15, 0.2) is 24.0 Å². The molecule has 1 saturated heterocycles. The van der Waals surface area contributed by atoms with Crippen molar-refractivity contribution in [1.82, 2.24) is 4.90 Å². The van der Waals surface area contributed by atoms with Crippen LogP contribution < -0.4 is 9.47 Å². The third kappa shape index (κ3) is 2.97. The molecule has 5 nitrogen and oxygen atoms in total. The Bertz CT molecular complexity index is 916. The van der Waals surface area contributed by atoms with Crippen LogP contribution in [-0.4, -0.2) is 38.5 Å². The zero-order chi connectivity index (χ0) is 22.1. The van der Waals surface area contributed by atoms with Crippen LogP contribution in [0.4, 0.5) is 0 Å². The van der Waals surface area contributed by atoms with Crippen molar-refractivity contribution in [3.8, 4) is 11.5 Å². The Kier molecular flexibility index (Phi) is 4.92. The zero-order valence-electron chi connectivity index (χ0n) is 19.6. The molecule has 0 radical (unpaired) electrons. The van der Waals surface area contributed by atoms with Gasteiger partial charge in [0.1, 0.15) is 0 Å². The third-order valence-electron chi connectivity index (χ3n) is 8.19. The Morgan fingerprint density at radius 3 is 2.32 bits per heavy atom. The lowest BCUT2D eigenvalue weighted by atomic mass is 9.74. The first-order chi connectivity index (χ1) is 14.7. The van der Waals surface area contributed by atoms with Crippen molar-refractivity contribution < 1.29 is 18.7 Å². The van der Waals surface area contributed by atoms with Crippen molar-refractivity contribution >= 4 is 14.2 Å². The number of benzene rings is 1. The normalized spacial score (nSPS) is 26.5. The summed E-state index contributed by atoms with van der Waals surface area (Å²) in [7, 11) is -2.02. The molecule has 6 heteroatoms. The molecular weight excluding hydrogens is 406 g/mol. The van der Waals surface area contributed by atoms with Gasteiger partial charge in [-0.25, -0.2) is 0 Å². The van der Waals surface area contributed by atoms with E-state index >= 15 is 0 Å². The molecule has 1 amide bonds. The molecule has 31 heavy (non-hydrogen) atoms. The fraction of sp³-hybridized carbons (Fsp3) is 0.640. The van der Waals surface area contributed by atoms with E-state index in [1.54, 1.807) is 0 Å². The van der Waals surface area contributed by atoms with E-state index in [1.807, 2.05) is 12.1 Å². The monoisotopic (exact) mass is 441 g/mol. The quantitative estimate of drug-likeness (QED) is 0.540. The summed E-state index contributed by atoms with van der Waals surface area (Å²) in [4.78, 5) is 15.4. The lowest BCUT2D eigenvalue weighted by Gasteiger charge is -2.46. The molecule has 168 valence electrons.